The van der Waals surface area contributed by atoms with Crippen molar-refractivity contribution >= 4 is 16.2 Å². The van der Waals surface area contributed by atoms with E-state index in [1.54, 1.807) is 0 Å². The molecule has 2 heterocycles. The largest absolute Gasteiger partial charge is 0.481 e. The van der Waals surface area contributed by atoms with Crippen LogP contribution in [0.1, 0.15) is 46.0 Å². The smallest absolute Gasteiger partial charge is 0.306 e. The standard InChI is InChI=1S/C13H25N3O4S/c1-10-4-3-5-11(2)16(10)14-21(19,20)15-8-6-12(7-9-15)13(17)18/h10-12,14H,3-9H2,1-2H3,(H,17,18). The molecule has 0 aromatic carbocycles. The van der Waals surface area contributed by atoms with E-state index in [4.69, 9.17) is 5.11 Å². The number of carboxylic acids is 1. The monoisotopic (exact) mass is 319 g/mol. The molecule has 0 bridgehead atoms. The predicted molar refractivity (Wildman–Crippen MR) is 78.6 cm³/mol. The van der Waals surface area contributed by atoms with Crippen molar-refractivity contribution in [3.63, 3.8) is 0 Å². The average Bonchev–Trinajstić information content (AvgIpc) is 2.43. The number of hydrazine groups is 1. The zero-order valence-corrected chi connectivity index (χ0v) is 13.5. The van der Waals surface area contributed by atoms with E-state index in [0.29, 0.717) is 12.8 Å². The summed E-state index contributed by atoms with van der Waals surface area (Å²) in [6.07, 6.45) is 3.83. The first kappa shape index (κ1) is 16.7. The van der Waals surface area contributed by atoms with Gasteiger partial charge in [0.1, 0.15) is 0 Å². The molecule has 122 valence electrons. The van der Waals surface area contributed by atoms with Gasteiger partial charge in [-0.05, 0) is 39.5 Å². The summed E-state index contributed by atoms with van der Waals surface area (Å²) in [4.78, 5) is 13.6. The summed E-state index contributed by atoms with van der Waals surface area (Å²) >= 11 is 0. The third-order valence-corrected chi connectivity index (χ3v) is 6.04. The predicted octanol–water partition coefficient (Wildman–Crippen LogP) is 0.795. The number of hydrogen-bond acceptors (Lipinski definition) is 4. The summed E-state index contributed by atoms with van der Waals surface area (Å²) in [5, 5.41) is 10.8. The highest BCUT2D eigenvalue weighted by Crippen LogP contribution is 2.23. The molecule has 8 heteroatoms. The number of nitrogens with zero attached hydrogens (tertiary/aromatic N) is 2. The zero-order chi connectivity index (χ0) is 15.6. The molecule has 2 unspecified atom stereocenters. The van der Waals surface area contributed by atoms with Crippen molar-refractivity contribution in [3.8, 4) is 0 Å². The summed E-state index contributed by atoms with van der Waals surface area (Å²) < 4.78 is 26.3. The summed E-state index contributed by atoms with van der Waals surface area (Å²) in [6.45, 7) is 4.58. The summed E-state index contributed by atoms with van der Waals surface area (Å²) in [7, 11) is -3.58. The fourth-order valence-electron chi connectivity index (χ4n) is 3.14. The molecule has 2 aliphatic rings. The lowest BCUT2D eigenvalue weighted by molar-refractivity contribution is -0.142. The van der Waals surface area contributed by atoms with Gasteiger partial charge in [0.25, 0.3) is 10.2 Å². The van der Waals surface area contributed by atoms with Gasteiger partial charge in [0.15, 0.2) is 0 Å². The van der Waals surface area contributed by atoms with E-state index in [0.717, 1.165) is 19.3 Å². The maximum Gasteiger partial charge on any atom is 0.306 e. The first-order chi connectivity index (χ1) is 9.81. The molecule has 7 nitrogen and oxygen atoms in total. The Balaban J connectivity index is 1.97. The van der Waals surface area contributed by atoms with E-state index >= 15 is 0 Å². The summed E-state index contributed by atoms with van der Waals surface area (Å²) in [6, 6.07) is 0.361. The maximum absolute atomic E-state index is 12.4. The van der Waals surface area contributed by atoms with Gasteiger partial charge in [-0.2, -0.15) is 12.7 Å². The normalized spacial score (nSPS) is 30.4. The summed E-state index contributed by atoms with van der Waals surface area (Å²) in [5.41, 5.74) is 0. The molecule has 21 heavy (non-hydrogen) atoms. The first-order valence-electron chi connectivity index (χ1n) is 7.60. The minimum absolute atomic E-state index is 0.181. The van der Waals surface area contributed by atoms with Crippen LogP contribution < -0.4 is 4.83 Å². The molecule has 0 radical (unpaired) electrons. The Labute approximate surface area is 126 Å². The Kier molecular flexibility index (Phi) is 5.24. The lowest BCUT2D eigenvalue weighted by Gasteiger charge is -2.40. The molecule has 0 aromatic heterocycles. The molecule has 0 amide bonds. The molecule has 2 N–H and O–H groups in total. The van der Waals surface area contributed by atoms with Crippen LogP contribution in [0, 0.1) is 5.92 Å². The molecule has 2 atom stereocenters. The van der Waals surface area contributed by atoms with Crippen LogP contribution in [0.2, 0.25) is 0 Å². The highest BCUT2D eigenvalue weighted by Gasteiger charge is 2.34. The quantitative estimate of drug-likeness (QED) is 0.800. The van der Waals surface area contributed by atoms with E-state index < -0.39 is 22.1 Å². The van der Waals surface area contributed by atoms with Gasteiger partial charge in [-0.3, -0.25) is 4.79 Å². The SMILES string of the molecule is CC1CCCC(C)N1NS(=O)(=O)N1CCC(C(=O)O)CC1. The van der Waals surface area contributed by atoms with Crippen LogP contribution in [-0.2, 0) is 15.0 Å². The van der Waals surface area contributed by atoms with Crippen molar-refractivity contribution in [2.24, 2.45) is 5.92 Å². The number of rotatable bonds is 4. The van der Waals surface area contributed by atoms with Crippen molar-refractivity contribution < 1.29 is 18.3 Å². The Morgan fingerprint density at radius 1 is 1.10 bits per heavy atom. The van der Waals surface area contributed by atoms with Crippen LogP contribution in [-0.4, -0.2) is 54.0 Å². The Morgan fingerprint density at radius 2 is 1.62 bits per heavy atom. The summed E-state index contributed by atoms with van der Waals surface area (Å²) in [5.74, 6) is -1.26. The minimum atomic E-state index is -3.58. The number of piperidine rings is 2. The van der Waals surface area contributed by atoms with E-state index in [1.807, 2.05) is 18.9 Å². The molecule has 2 fully saturated rings. The second-order valence-electron chi connectivity index (χ2n) is 6.14. The van der Waals surface area contributed by atoms with E-state index in [2.05, 4.69) is 4.83 Å². The van der Waals surface area contributed by atoms with Crippen LogP contribution >= 0.6 is 0 Å². The van der Waals surface area contributed by atoms with Crippen LogP contribution in [0.5, 0.6) is 0 Å². The molecule has 0 aliphatic carbocycles. The van der Waals surface area contributed by atoms with Crippen molar-refractivity contribution in [3.05, 3.63) is 0 Å². The van der Waals surface area contributed by atoms with Gasteiger partial charge in [0, 0.05) is 25.2 Å². The fraction of sp³-hybridized carbons (Fsp3) is 0.923. The molecule has 2 aliphatic heterocycles. The third kappa shape index (κ3) is 3.94. The lowest BCUT2D eigenvalue weighted by atomic mass is 9.99. The average molecular weight is 319 g/mol. The second-order valence-corrected chi connectivity index (χ2v) is 7.79. The van der Waals surface area contributed by atoms with Gasteiger partial charge < -0.3 is 5.11 Å². The molecule has 0 spiro atoms. The number of carbonyl (C=O) groups is 1. The van der Waals surface area contributed by atoms with Crippen molar-refractivity contribution in [1.82, 2.24) is 14.1 Å². The van der Waals surface area contributed by atoms with Crippen molar-refractivity contribution in [2.75, 3.05) is 13.1 Å². The van der Waals surface area contributed by atoms with Crippen LogP contribution in [0.3, 0.4) is 0 Å². The minimum Gasteiger partial charge on any atom is -0.481 e. The van der Waals surface area contributed by atoms with Gasteiger partial charge in [0.05, 0.1) is 5.92 Å². The molecular weight excluding hydrogens is 294 g/mol. The Bertz CT molecular complexity index is 464. The molecule has 0 saturated carbocycles. The number of nitrogens with one attached hydrogen (secondary N) is 1. The van der Waals surface area contributed by atoms with Crippen LogP contribution in [0.4, 0.5) is 0 Å². The topological polar surface area (TPSA) is 90.0 Å². The van der Waals surface area contributed by atoms with E-state index in [-0.39, 0.29) is 25.2 Å². The second kappa shape index (κ2) is 6.60. The fourth-order valence-corrected chi connectivity index (χ4v) is 4.57. The number of carboxylic acid groups (broad SMARTS) is 1. The lowest BCUT2D eigenvalue weighted by Crippen LogP contribution is -2.58. The van der Waals surface area contributed by atoms with Crippen molar-refractivity contribution in [1.29, 1.82) is 0 Å². The Morgan fingerprint density at radius 3 is 2.10 bits per heavy atom. The van der Waals surface area contributed by atoms with Gasteiger partial charge in [-0.25, -0.2) is 5.01 Å². The zero-order valence-electron chi connectivity index (χ0n) is 12.7. The third-order valence-electron chi connectivity index (χ3n) is 4.56. The Hall–Kier alpha value is -0.700. The first-order valence-corrected chi connectivity index (χ1v) is 9.04. The number of hydrogen-bond donors (Lipinski definition) is 2. The van der Waals surface area contributed by atoms with E-state index in [9.17, 15) is 13.2 Å². The van der Waals surface area contributed by atoms with Gasteiger partial charge in [-0.1, -0.05) is 6.42 Å². The molecule has 2 rings (SSSR count). The van der Waals surface area contributed by atoms with Crippen molar-refractivity contribution in [2.45, 2.75) is 58.0 Å². The molecular formula is C13H25N3O4S. The van der Waals surface area contributed by atoms with Gasteiger partial charge >= 0.3 is 5.97 Å². The van der Waals surface area contributed by atoms with Crippen LogP contribution in [0.25, 0.3) is 0 Å². The highest BCUT2D eigenvalue weighted by atomic mass is 32.2. The number of aliphatic carboxylic acids is 1. The van der Waals surface area contributed by atoms with E-state index in [1.165, 1.54) is 4.31 Å². The van der Waals surface area contributed by atoms with Gasteiger partial charge in [0.2, 0.25) is 0 Å². The molecule has 2 saturated heterocycles. The highest BCUT2D eigenvalue weighted by molar-refractivity contribution is 7.87. The van der Waals surface area contributed by atoms with Crippen LogP contribution in [0.15, 0.2) is 0 Å². The molecule has 0 aromatic rings. The maximum atomic E-state index is 12.4. The van der Waals surface area contributed by atoms with Gasteiger partial charge in [-0.15, -0.1) is 4.83 Å².